The van der Waals surface area contributed by atoms with Gasteiger partial charge in [-0.05, 0) is 48.0 Å². The predicted octanol–water partition coefficient (Wildman–Crippen LogP) is 4.16. The molecule has 2 aromatic heterocycles. The molecule has 0 atom stereocenters. The van der Waals surface area contributed by atoms with Crippen LogP contribution in [0.2, 0.25) is 5.02 Å². The lowest BCUT2D eigenvalue weighted by Gasteiger charge is -2.20. The van der Waals surface area contributed by atoms with Gasteiger partial charge in [0.15, 0.2) is 0 Å². The van der Waals surface area contributed by atoms with Gasteiger partial charge in [-0.25, -0.2) is 9.78 Å². The molecule has 4 rings (SSSR count). The Morgan fingerprint density at radius 3 is 2.48 bits per heavy atom. The number of anilines is 1. The molecule has 4 aromatic rings. The van der Waals surface area contributed by atoms with E-state index >= 15 is 0 Å². The molecule has 0 saturated carbocycles. The van der Waals surface area contributed by atoms with Crippen molar-refractivity contribution in [2.75, 3.05) is 19.1 Å². The van der Waals surface area contributed by atoms with E-state index in [2.05, 4.69) is 4.98 Å². The van der Waals surface area contributed by atoms with Crippen molar-refractivity contribution < 1.29 is 14.3 Å². The fourth-order valence-electron chi connectivity index (χ4n) is 3.62. The Bertz CT molecular complexity index is 1410. The fraction of sp³-hybridized carbons (Fsp3) is 0.120. The molecule has 166 valence electrons. The van der Waals surface area contributed by atoms with E-state index < -0.39 is 17.4 Å². The number of pyridine rings is 2. The number of rotatable bonds is 5. The summed E-state index contributed by atoms with van der Waals surface area (Å²) in [7, 11) is 2.78. The number of fused-ring (bicyclic) bond motifs is 1. The summed E-state index contributed by atoms with van der Waals surface area (Å²) in [5, 5.41) is 1.23. The number of esters is 1. The number of para-hydroxylation sites is 1. The van der Waals surface area contributed by atoms with E-state index in [-0.39, 0.29) is 17.7 Å². The maximum Gasteiger partial charge on any atom is 0.339 e. The lowest BCUT2D eigenvalue weighted by molar-refractivity contribution is 0.0601. The second kappa shape index (κ2) is 9.26. The number of halogens is 1. The zero-order valence-electron chi connectivity index (χ0n) is 18.0. The van der Waals surface area contributed by atoms with Crippen molar-refractivity contribution in [2.45, 2.75) is 6.54 Å². The maximum absolute atomic E-state index is 13.5. The summed E-state index contributed by atoms with van der Waals surface area (Å²) in [4.78, 5) is 44.7. The van der Waals surface area contributed by atoms with Crippen LogP contribution in [0.15, 0.2) is 77.7 Å². The van der Waals surface area contributed by atoms with Gasteiger partial charge < -0.3 is 9.64 Å². The van der Waals surface area contributed by atoms with Gasteiger partial charge >= 0.3 is 5.97 Å². The first-order chi connectivity index (χ1) is 15.9. The third kappa shape index (κ3) is 4.36. The van der Waals surface area contributed by atoms with E-state index in [9.17, 15) is 14.4 Å². The number of aromatic nitrogens is 2. The van der Waals surface area contributed by atoms with E-state index in [0.717, 1.165) is 5.56 Å². The van der Waals surface area contributed by atoms with Gasteiger partial charge in [0.05, 0.1) is 24.9 Å². The van der Waals surface area contributed by atoms with Gasteiger partial charge in [-0.15, -0.1) is 0 Å². The van der Waals surface area contributed by atoms with E-state index in [1.165, 1.54) is 29.7 Å². The van der Waals surface area contributed by atoms with Crippen LogP contribution in [-0.2, 0) is 11.3 Å². The number of hydrogen-bond donors (Lipinski definition) is 0. The lowest BCUT2D eigenvalue weighted by atomic mass is 10.1. The van der Waals surface area contributed by atoms with Crippen LogP contribution in [0.4, 0.5) is 5.69 Å². The first-order valence-electron chi connectivity index (χ1n) is 10.1. The highest BCUT2D eigenvalue weighted by Crippen LogP contribution is 2.22. The number of ether oxygens (including phenoxy) is 1. The molecule has 1 amide bonds. The lowest BCUT2D eigenvalue weighted by Crippen LogP contribution is -2.35. The molecule has 0 N–H and O–H groups in total. The standard InChI is InChI=1S/C25H20ClN3O4/c1-28(21-8-4-3-7-19(21)25(32)33-2)23(30)20-14-17-6-5-13-27-22(17)29(24(20)31)15-16-9-11-18(26)12-10-16/h3-14H,15H2,1-2H3. The van der Waals surface area contributed by atoms with Crippen molar-refractivity contribution >= 4 is 40.2 Å². The highest BCUT2D eigenvalue weighted by molar-refractivity contribution is 6.30. The predicted molar refractivity (Wildman–Crippen MR) is 127 cm³/mol. The third-order valence-electron chi connectivity index (χ3n) is 5.31. The molecular formula is C25H20ClN3O4. The number of carbonyl (C=O) groups excluding carboxylic acids is 2. The van der Waals surface area contributed by atoms with Gasteiger partial charge in [0, 0.05) is 23.7 Å². The summed E-state index contributed by atoms with van der Waals surface area (Å²) in [6, 6.07) is 18.7. The molecular weight excluding hydrogens is 442 g/mol. The number of methoxy groups -OCH3 is 1. The summed E-state index contributed by atoms with van der Waals surface area (Å²) >= 11 is 5.98. The third-order valence-corrected chi connectivity index (χ3v) is 5.56. The molecule has 33 heavy (non-hydrogen) atoms. The Hall–Kier alpha value is -3.97. The molecule has 0 saturated heterocycles. The van der Waals surface area contributed by atoms with Crippen LogP contribution in [0.3, 0.4) is 0 Å². The van der Waals surface area contributed by atoms with Crippen molar-refractivity contribution in [3.63, 3.8) is 0 Å². The van der Waals surface area contributed by atoms with Crippen molar-refractivity contribution in [3.05, 3.63) is 105 Å². The minimum absolute atomic E-state index is 0.0355. The number of amides is 1. The molecule has 7 nitrogen and oxygen atoms in total. The van der Waals surface area contributed by atoms with Gasteiger partial charge in [-0.1, -0.05) is 35.9 Å². The zero-order chi connectivity index (χ0) is 23.5. The number of benzene rings is 2. The Kier molecular flexibility index (Phi) is 6.24. The Balaban J connectivity index is 1.82. The molecule has 0 radical (unpaired) electrons. The smallest absolute Gasteiger partial charge is 0.339 e. The average Bonchev–Trinajstić information content (AvgIpc) is 2.85. The van der Waals surface area contributed by atoms with Crippen molar-refractivity contribution in [1.29, 1.82) is 0 Å². The minimum Gasteiger partial charge on any atom is -0.465 e. The fourth-order valence-corrected chi connectivity index (χ4v) is 3.74. The highest BCUT2D eigenvalue weighted by Gasteiger charge is 2.24. The van der Waals surface area contributed by atoms with Crippen LogP contribution in [-0.4, -0.2) is 35.6 Å². The number of hydrogen-bond acceptors (Lipinski definition) is 5. The van der Waals surface area contributed by atoms with Crippen molar-refractivity contribution in [3.8, 4) is 0 Å². The molecule has 0 aliphatic heterocycles. The molecule has 2 heterocycles. The molecule has 0 aliphatic rings. The first kappa shape index (κ1) is 22.2. The van der Waals surface area contributed by atoms with E-state index in [1.807, 2.05) is 12.1 Å². The molecule has 2 aromatic carbocycles. The Morgan fingerprint density at radius 2 is 1.76 bits per heavy atom. The zero-order valence-corrected chi connectivity index (χ0v) is 18.7. The van der Waals surface area contributed by atoms with Crippen LogP contribution < -0.4 is 10.5 Å². The maximum atomic E-state index is 13.5. The van der Waals surface area contributed by atoms with Gasteiger partial charge in [0.2, 0.25) is 0 Å². The quantitative estimate of drug-likeness (QED) is 0.417. The van der Waals surface area contributed by atoms with E-state index in [4.69, 9.17) is 16.3 Å². The van der Waals surface area contributed by atoms with Crippen molar-refractivity contribution in [2.24, 2.45) is 0 Å². The largest absolute Gasteiger partial charge is 0.465 e. The van der Waals surface area contributed by atoms with Crippen LogP contribution in [0, 0.1) is 0 Å². The van der Waals surface area contributed by atoms with Gasteiger partial charge in [0.1, 0.15) is 11.2 Å². The van der Waals surface area contributed by atoms with E-state index in [1.54, 1.807) is 54.7 Å². The van der Waals surface area contributed by atoms with Gasteiger partial charge in [0.25, 0.3) is 11.5 Å². The number of carbonyl (C=O) groups is 2. The highest BCUT2D eigenvalue weighted by atomic mass is 35.5. The van der Waals surface area contributed by atoms with E-state index in [0.29, 0.717) is 21.7 Å². The molecule has 0 spiro atoms. The molecule has 0 aliphatic carbocycles. The minimum atomic E-state index is -0.576. The Morgan fingerprint density at radius 1 is 1.03 bits per heavy atom. The van der Waals surface area contributed by atoms with Gasteiger partial charge in [-0.2, -0.15) is 0 Å². The molecule has 0 fully saturated rings. The van der Waals surface area contributed by atoms with Crippen LogP contribution in [0.25, 0.3) is 11.0 Å². The first-order valence-corrected chi connectivity index (χ1v) is 10.5. The van der Waals surface area contributed by atoms with Gasteiger partial charge in [-0.3, -0.25) is 14.2 Å². The van der Waals surface area contributed by atoms with Crippen LogP contribution in [0.1, 0.15) is 26.3 Å². The molecule has 0 unspecified atom stereocenters. The summed E-state index contributed by atoms with van der Waals surface area (Å²) in [6.07, 6.45) is 1.60. The second-order valence-electron chi connectivity index (χ2n) is 7.36. The monoisotopic (exact) mass is 461 g/mol. The Labute approximate surface area is 194 Å². The summed E-state index contributed by atoms with van der Waals surface area (Å²) in [5.74, 6) is -1.12. The molecule has 0 bridgehead atoms. The number of nitrogens with zero attached hydrogens (tertiary/aromatic N) is 3. The average molecular weight is 462 g/mol. The normalized spacial score (nSPS) is 10.8. The summed E-state index contributed by atoms with van der Waals surface area (Å²) in [6.45, 7) is 0.215. The SMILES string of the molecule is COC(=O)c1ccccc1N(C)C(=O)c1cc2cccnc2n(Cc2ccc(Cl)cc2)c1=O. The topological polar surface area (TPSA) is 81.5 Å². The second-order valence-corrected chi connectivity index (χ2v) is 7.80. The van der Waals surface area contributed by atoms with Crippen molar-refractivity contribution in [1.82, 2.24) is 9.55 Å². The summed E-state index contributed by atoms with van der Waals surface area (Å²) < 4.78 is 6.29. The van der Waals surface area contributed by atoms with Crippen LogP contribution in [0.5, 0.6) is 0 Å². The van der Waals surface area contributed by atoms with Crippen LogP contribution >= 0.6 is 11.6 Å². The molecule has 8 heteroatoms. The summed E-state index contributed by atoms with van der Waals surface area (Å²) in [5.41, 5.74) is 1.34.